The van der Waals surface area contributed by atoms with E-state index in [9.17, 15) is 9.59 Å². The highest BCUT2D eigenvalue weighted by atomic mass is 35.5. The van der Waals surface area contributed by atoms with Gasteiger partial charge in [-0.25, -0.2) is 4.79 Å². The van der Waals surface area contributed by atoms with Crippen molar-refractivity contribution in [3.8, 4) is 0 Å². The van der Waals surface area contributed by atoms with Gasteiger partial charge < -0.3 is 14.5 Å². The summed E-state index contributed by atoms with van der Waals surface area (Å²) >= 11 is 5.95. The van der Waals surface area contributed by atoms with Crippen molar-refractivity contribution in [1.29, 1.82) is 0 Å². The summed E-state index contributed by atoms with van der Waals surface area (Å²) in [5, 5.41) is 3.25. The van der Waals surface area contributed by atoms with Gasteiger partial charge in [0.05, 0.1) is 6.26 Å². The van der Waals surface area contributed by atoms with Crippen molar-refractivity contribution < 1.29 is 18.7 Å². The Morgan fingerprint density at radius 1 is 1.00 bits per heavy atom. The Kier molecular flexibility index (Phi) is 6.28. The zero-order chi connectivity index (χ0) is 19.1. The molecule has 6 heteroatoms. The van der Waals surface area contributed by atoms with E-state index in [4.69, 9.17) is 20.8 Å². The number of esters is 1. The largest absolute Gasteiger partial charge is 0.459 e. The van der Waals surface area contributed by atoms with Crippen LogP contribution in [0.1, 0.15) is 21.7 Å². The molecule has 0 fully saturated rings. The highest BCUT2D eigenvalue weighted by Crippen LogP contribution is 2.13. The Balaban J connectivity index is 1.69. The summed E-state index contributed by atoms with van der Waals surface area (Å²) in [6, 6.07) is 18.8. The first-order valence-corrected chi connectivity index (χ1v) is 8.79. The fraction of sp³-hybridized carbons (Fsp3) is 0.143. The van der Waals surface area contributed by atoms with Crippen molar-refractivity contribution in [1.82, 2.24) is 5.32 Å². The maximum absolute atomic E-state index is 12.6. The molecule has 138 valence electrons. The fourth-order valence-electron chi connectivity index (χ4n) is 2.56. The number of ether oxygens (including phenoxy) is 1. The molecule has 1 N–H and O–H groups in total. The molecule has 0 saturated carbocycles. The molecule has 1 heterocycles. The molecule has 0 aliphatic rings. The van der Waals surface area contributed by atoms with Gasteiger partial charge in [-0.2, -0.15) is 0 Å². The van der Waals surface area contributed by atoms with Gasteiger partial charge in [0.1, 0.15) is 12.6 Å². The molecule has 0 saturated heterocycles. The number of benzene rings is 2. The summed E-state index contributed by atoms with van der Waals surface area (Å²) in [5.41, 5.74) is 1.67. The van der Waals surface area contributed by atoms with E-state index in [-0.39, 0.29) is 12.4 Å². The lowest BCUT2D eigenvalue weighted by atomic mass is 10.1. The van der Waals surface area contributed by atoms with Gasteiger partial charge in [-0.1, -0.05) is 54.1 Å². The minimum atomic E-state index is -0.843. The van der Waals surface area contributed by atoms with Crippen LogP contribution in [0.2, 0.25) is 5.02 Å². The highest BCUT2D eigenvalue weighted by Gasteiger charge is 2.24. The molecule has 1 aromatic heterocycles. The average Bonchev–Trinajstić information content (AvgIpc) is 3.21. The monoisotopic (exact) mass is 383 g/mol. The van der Waals surface area contributed by atoms with Crippen LogP contribution in [0.5, 0.6) is 0 Å². The lowest BCUT2D eigenvalue weighted by Crippen LogP contribution is -2.43. The van der Waals surface area contributed by atoms with Crippen molar-refractivity contribution >= 4 is 23.5 Å². The molecule has 0 bridgehead atoms. The van der Waals surface area contributed by atoms with E-state index in [0.717, 1.165) is 11.1 Å². The summed E-state index contributed by atoms with van der Waals surface area (Å²) in [5.74, 6) is -0.866. The number of amides is 1. The van der Waals surface area contributed by atoms with E-state index in [1.54, 1.807) is 24.3 Å². The van der Waals surface area contributed by atoms with Crippen LogP contribution in [0.15, 0.2) is 77.4 Å². The standard InChI is InChI=1S/C21H18ClNO4/c22-17-9-4-8-16(12-17)14-27-21(25)18(13-15-6-2-1-3-7-15)23-20(24)19-10-5-11-26-19/h1-12,18H,13-14H2,(H,23,24). The molecule has 1 atom stereocenters. The number of carbonyl (C=O) groups is 2. The van der Waals surface area contributed by atoms with Gasteiger partial charge in [0, 0.05) is 11.4 Å². The van der Waals surface area contributed by atoms with Crippen molar-refractivity contribution in [2.24, 2.45) is 0 Å². The SMILES string of the molecule is O=C(NC(Cc1ccccc1)C(=O)OCc1cccc(Cl)c1)c1ccco1. The Bertz CT molecular complexity index is 894. The molecule has 0 aliphatic heterocycles. The Labute approximate surface area is 161 Å². The van der Waals surface area contributed by atoms with Crippen molar-refractivity contribution in [3.05, 3.63) is 94.9 Å². The molecule has 5 nitrogen and oxygen atoms in total. The van der Waals surface area contributed by atoms with E-state index < -0.39 is 17.9 Å². The normalized spacial score (nSPS) is 11.6. The van der Waals surface area contributed by atoms with Gasteiger partial charge >= 0.3 is 5.97 Å². The van der Waals surface area contributed by atoms with E-state index in [1.165, 1.54) is 12.3 Å². The summed E-state index contributed by atoms with van der Waals surface area (Å²) in [7, 11) is 0. The van der Waals surface area contributed by atoms with E-state index >= 15 is 0 Å². The third-order valence-corrected chi connectivity index (χ3v) is 4.12. The number of rotatable bonds is 7. The van der Waals surface area contributed by atoms with Gasteiger partial charge in [-0.05, 0) is 35.4 Å². The van der Waals surface area contributed by atoms with Gasteiger partial charge in [-0.3, -0.25) is 4.79 Å². The first-order valence-electron chi connectivity index (χ1n) is 8.41. The lowest BCUT2D eigenvalue weighted by Gasteiger charge is -2.17. The second-order valence-electron chi connectivity index (χ2n) is 5.93. The molecule has 0 radical (unpaired) electrons. The molecule has 0 aliphatic carbocycles. The highest BCUT2D eigenvalue weighted by molar-refractivity contribution is 6.30. The van der Waals surface area contributed by atoms with Gasteiger partial charge in [0.2, 0.25) is 0 Å². The van der Waals surface area contributed by atoms with Gasteiger partial charge in [-0.15, -0.1) is 0 Å². The van der Waals surface area contributed by atoms with Gasteiger partial charge in [0.25, 0.3) is 5.91 Å². The number of carbonyl (C=O) groups excluding carboxylic acids is 2. The van der Waals surface area contributed by atoms with Crippen LogP contribution in [0, 0.1) is 0 Å². The molecule has 27 heavy (non-hydrogen) atoms. The second kappa shape index (κ2) is 9.05. The molecule has 2 aromatic carbocycles. The Morgan fingerprint density at radius 3 is 2.48 bits per heavy atom. The summed E-state index contributed by atoms with van der Waals surface area (Å²) < 4.78 is 10.5. The van der Waals surface area contributed by atoms with Crippen LogP contribution in [0.25, 0.3) is 0 Å². The molecule has 3 aromatic rings. The average molecular weight is 384 g/mol. The summed E-state index contributed by atoms with van der Waals surface area (Å²) in [6.45, 7) is 0.0707. The molecule has 0 spiro atoms. The maximum Gasteiger partial charge on any atom is 0.329 e. The molecule has 3 rings (SSSR count). The van der Waals surface area contributed by atoms with Gasteiger partial charge in [0.15, 0.2) is 5.76 Å². The minimum Gasteiger partial charge on any atom is -0.459 e. The topological polar surface area (TPSA) is 68.5 Å². The van der Waals surface area contributed by atoms with Crippen molar-refractivity contribution in [2.45, 2.75) is 19.1 Å². The lowest BCUT2D eigenvalue weighted by molar-refractivity contribution is -0.147. The zero-order valence-corrected chi connectivity index (χ0v) is 15.2. The number of nitrogens with one attached hydrogen (secondary N) is 1. The third-order valence-electron chi connectivity index (χ3n) is 3.89. The first-order chi connectivity index (χ1) is 13.1. The van der Waals surface area contributed by atoms with E-state index in [2.05, 4.69) is 5.32 Å². The first kappa shape index (κ1) is 18.7. The third kappa shape index (κ3) is 5.46. The summed E-state index contributed by atoms with van der Waals surface area (Å²) in [6.07, 6.45) is 1.71. The van der Waals surface area contributed by atoms with E-state index in [0.29, 0.717) is 11.4 Å². The maximum atomic E-state index is 12.6. The number of furan rings is 1. The second-order valence-corrected chi connectivity index (χ2v) is 6.37. The number of hydrogen-bond acceptors (Lipinski definition) is 4. The Hall–Kier alpha value is -3.05. The quantitative estimate of drug-likeness (QED) is 0.626. The fourth-order valence-corrected chi connectivity index (χ4v) is 2.77. The van der Waals surface area contributed by atoms with Crippen LogP contribution in [0.3, 0.4) is 0 Å². The van der Waals surface area contributed by atoms with Crippen LogP contribution >= 0.6 is 11.6 Å². The zero-order valence-electron chi connectivity index (χ0n) is 14.4. The molecule has 1 unspecified atom stereocenters. The molecular formula is C21H18ClNO4. The van der Waals surface area contributed by atoms with Crippen LogP contribution in [0.4, 0.5) is 0 Å². The molecule has 1 amide bonds. The minimum absolute atomic E-state index is 0.0707. The summed E-state index contributed by atoms with van der Waals surface area (Å²) in [4.78, 5) is 24.9. The number of halogens is 1. The smallest absolute Gasteiger partial charge is 0.329 e. The van der Waals surface area contributed by atoms with Crippen molar-refractivity contribution in [2.75, 3.05) is 0 Å². The predicted molar refractivity (Wildman–Crippen MR) is 101 cm³/mol. The molecular weight excluding hydrogens is 366 g/mol. The predicted octanol–water partition coefficient (Wildman–Crippen LogP) is 4.02. The van der Waals surface area contributed by atoms with Crippen molar-refractivity contribution in [3.63, 3.8) is 0 Å². The Morgan fingerprint density at radius 2 is 1.78 bits per heavy atom. The van der Waals surface area contributed by atoms with E-state index in [1.807, 2.05) is 36.4 Å². The van der Waals surface area contributed by atoms with Crippen LogP contribution < -0.4 is 5.32 Å². The number of hydrogen-bond donors (Lipinski definition) is 1. The van der Waals surface area contributed by atoms with Crippen LogP contribution in [-0.2, 0) is 22.6 Å². The van der Waals surface area contributed by atoms with Crippen LogP contribution in [-0.4, -0.2) is 17.9 Å².